The second-order valence-electron chi connectivity index (χ2n) is 3.37. The number of unbranched alkanes of at least 4 members (excludes halogenated alkanes) is 2. The van der Waals surface area contributed by atoms with Gasteiger partial charge in [0.2, 0.25) is 5.91 Å². The van der Waals surface area contributed by atoms with Crippen LogP contribution in [0.1, 0.15) is 32.6 Å². The summed E-state index contributed by atoms with van der Waals surface area (Å²) >= 11 is 0. The highest BCUT2D eigenvalue weighted by atomic mass is 19.1. The molecule has 0 bridgehead atoms. The highest BCUT2D eigenvalue weighted by molar-refractivity contribution is 5.89. The zero-order valence-electron chi connectivity index (χ0n) is 9.03. The summed E-state index contributed by atoms with van der Waals surface area (Å²) in [5.74, 6) is -1.36. The molecule has 0 aliphatic heterocycles. The van der Waals surface area contributed by atoms with E-state index in [1.165, 1.54) is 0 Å². The van der Waals surface area contributed by atoms with Crippen LogP contribution >= 0.6 is 0 Å². The lowest BCUT2D eigenvalue weighted by molar-refractivity contribution is -0.116. The average molecular weight is 227 g/mol. The topological polar surface area (TPSA) is 75.1 Å². The number of hydrogen-bond acceptors (Lipinski definition) is 4. The maximum atomic E-state index is 13.1. The largest absolute Gasteiger partial charge is 0.479 e. The molecule has 2 N–H and O–H groups in total. The Balaban J connectivity index is 2.52. The van der Waals surface area contributed by atoms with Crippen LogP contribution in [0.4, 0.5) is 10.2 Å². The first-order valence-electron chi connectivity index (χ1n) is 5.15. The van der Waals surface area contributed by atoms with E-state index in [0.717, 1.165) is 25.5 Å². The SMILES string of the molecule is CCCCCC(=O)Nc1nc(O)ncc1F. The van der Waals surface area contributed by atoms with Crippen molar-refractivity contribution in [3.63, 3.8) is 0 Å². The highest BCUT2D eigenvalue weighted by Gasteiger charge is 2.09. The van der Waals surface area contributed by atoms with Gasteiger partial charge in [-0.15, -0.1) is 0 Å². The van der Waals surface area contributed by atoms with E-state index in [2.05, 4.69) is 15.3 Å². The fourth-order valence-corrected chi connectivity index (χ4v) is 1.18. The summed E-state index contributed by atoms with van der Waals surface area (Å²) < 4.78 is 13.1. The minimum atomic E-state index is -0.762. The quantitative estimate of drug-likeness (QED) is 0.752. The van der Waals surface area contributed by atoms with Gasteiger partial charge in [0.15, 0.2) is 11.6 Å². The predicted molar refractivity (Wildman–Crippen MR) is 56.4 cm³/mol. The Morgan fingerprint density at radius 2 is 2.31 bits per heavy atom. The number of hydrogen-bond donors (Lipinski definition) is 2. The molecular formula is C10H14FN3O2. The molecule has 0 aliphatic carbocycles. The van der Waals surface area contributed by atoms with Gasteiger partial charge < -0.3 is 10.4 Å². The predicted octanol–water partition coefficient (Wildman–Crippen LogP) is 1.84. The minimum absolute atomic E-state index is 0.283. The molecular weight excluding hydrogens is 213 g/mol. The van der Waals surface area contributed by atoms with Gasteiger partial charge in [-0.3, -0.25) is 4.79 Å². The van der Waals surface area contributed by atoms with Gasteiger partial charge in [-0.25, -0.2) is 9.37 Å². The lowest BCUT2D eigenvalue weighted by Crippen LogP contribution is -2.13. The zero-order chi connectivity index (χ0) is 12.0. The van der Waals surface area contributed by atoms with E-state index in [4.69, 9.17) is 5.11 Å². The highest BCUT2D eigenvalue weighted by Crippen LogP contribution is 2.12. The number of nitrogens with one attached hydrogen (secondary N) is 1. The number of aromatic hydroxyl groups is 1. The van der Waals surface area contributed by atoms with Crippen LogP contribution in [0, 0.1) is 5.82 Å². The number of carbonyl (C=O) groups is 1. The molecule has 0 aromatic carbocycles. The molecule has 0 spiro atoms. The second kappa shape index (κ2) is 5.99. The number of halogens is 1. The molecule has 88 valence electrons. The summed E-state index contributed by atoms with van der Waals surface area (Å²) in [4.78, 5) is 17.9. The summed E-state index contributed by atoms with van der Waals surface area (Å²) in [6, 6.07) is -0.565. The summed E-state index contributed by atoms with van der Waals surface area (Å²) in [6.07, 6.45) is 3.84. The molecule has 1 amide bonds. The van der Waals surface area contributed by atoms with Gasteiger partial charge in [0.05, 0.1) is 6.20 Å². The molecule has 0 saturated carbocycles. The van der Waals surface area contributed by atoms with E-state index < -0.39 is 11.8 Å². The Labute approximate surface area is 92.7 Å². The third kappa shape index (κ3) is 3.80. The molecule has 0 unspecified atom stereocenters. The summed E-state index contributed by atoms with van der Waals surface area (Å²) in [5.41, 5.74) is 0. The van der Waals surface area contributed by atoms with Crippen LogP contribution in [0.2, 0.25) is 0 Å². The Kier molecular flexibility index (Phi) is 4.63. The van der Waals surface area contributed by atoms with E-state index in [-0.39, 0.29) is 11.7 Å². The summed E-state index contributed by atoms with van der Waals surface area (Å²) in [7, 11) is 0. The number of nitrogens with zero attached hydrogens (tertiary/aromatic N) is 2. The van der Waals surface area contributed by atoms with Crippen molar-refractivity contribution in [3.05, 3.63) is 12.0 Å². The van der Waals surface area contributed by atoms with Crippen LogP contribution in [-0.4, -0.2) is 21.0 Å². The van der Waals surface area contributed by atoms with Crippen molar-refractivity contribution in [1.29, 1.82) is 0 Å². The van der Waals surface area contributed by atoms with Crippen molar-refractivity contribution in [2.75, 3.05) is 5.32 Å². The molecule has 0 aliphatic rings. The third-order valence-corrected chi connectivity index (χ3v) is 2.00. The van der Waals surface area contributed by atoms with E-state index in [9.17, 15) is 9.18 Å². The van der Waals surface area contributed by atoms with Crippen molar-refractivity contribution in [2.45, 2.75) is 32.6 Å². The average Bonchev–Trinajstić information content (AvgIpc) is 2.24. The first kappa shape index (κ1) is 12.4. The van der Waals surface area contributed by atoms with Crippen LogP contribution in [0.5, 0.6) is 6.01 Å². The van der Waals surface area contributed by atoms with E-state index >= 15 is 0 Å². The third-order valence-electron chi connectivity index (χ3n) is 2.00. The Bertz CT molecular complexity index is 371. The summed E-state index contributed by atoms with van der Waals surface area (Å²) in [5, 5.41) is 11.2. The zero-order valence-corrected chi connectivity index (χ0v) is 9.03. The van der Waals surface area contributed by atoms with E-state index in [0.29, 0.717) is 6.42 Å². The van der Waals surface area contributed by atoms with Gasteiger partial charge in [-0.05, 0) is 6.42 Å². The molecule has 1 heterocycles. The number of carbonyl (C=O) groups excluding carboxylic acids is 1. The van der Waals surface area contributed by atoms with Crippen LogP contribution < -0.4 is 5.32 Å². The Morgan fingerprint density at radius 1 is 1.56 bits per heavy atom. The van der Waals surface area contributed by atoms with E-state index in [1.807, 2.05) is 6.92 Å². The maximum absolute atomic E-state index is 13.1. The smallest absolute Gasteiger partial charge is 0.316 e. The standard InChI is InChI=1S/C10H14FN3O2/c1-2-3-4-5-8(15)13-9-7(11)6-12-10(16)14-9/h6H,2-5H2,1H3,(H2,12,13,14,15,16). The van der Waals surface area contributed by atoms with Crippen molar-refractivity contribution in [2.24, 2.45) is 0 Å². The minimum Gasteiger partial charge on any atom is -0.479 e. The molecule has 0 saturated heterocycles. The van der Waals surface area contributed by atoms with Crippen molar-refractivity contribution >= 4 is 11.7 Å². The van der Waals surface area contributed by atoms with Gasteiger partial charge in [-0.2, -0.15) is 4.98 Å². The van der Waals surface area contributed by atoms with Crippen LogP contribution in [0.3, 0.4) is 0 Å². The molecule has 5 nitrogen and oxygen atoms in total. The maximum Gasteiger partial charge on any atom is 0.316 e. The molecule has 16 heavy (non-hydrogen) atoms. The number of anilines is 1. The normalized spacial score (nSPS) is 10.1. The lowest BCUT2D eigenvalue weighted by Gasteiger charge is -2.04. The molecule has 0 atom stereocenters. The van der Waals surface area contributed by atoms with Gasteiger partial charge in [-0.1, -0.05) is 19.8 Å². The van der Waals surface area contributed by atoms with E-state index in [1.54, 1.807) is 0 Å². The molecule has 0 fully saturated rings. The number of aromatic nitrogens is 2. The van der Waals surface area contributed by atoms with Gasteiger partial charge in [0, 0.05) is 6.42 Å². The Hall–Kier alpha value is -1.72. The number of amides is 1. The second-order valence-corrected chi connectivity index (χ2v) is 3.37. The molecule has 6 heteroatoms. The first-order valence-corrected chi connectivity index (χ1v) is 5.15. The lowest BCUT2D eigenvalue weighted by atomic mass is 10.2. The van der Waals surface area contributed by atoms with Crippen molar-refractivity contribution in [3.8, 4) is 6.01 Å². The van der Waals surface area contributed by atoms with Crippen LogP contribution in [0.15, 0.2) is 6.20 Å². The molecule has 0 radical (unpaired) electrons. The van der Waals surface area contributed by atoms with Gasteiger partial charge >= 0.3 is 6.01 Å². The molecule has 1 rings (SSSR count). The number of rotatable bonds is 5. The fourth-order valence-electron chi connectivity index (χ4n) is 1.18. The van der Waals surface area contributed by atoms with Gasteiger partial charge in [0.25, 0.3) is 0 Å². The first-order chi connectivity index (χ1) is 7.63. The van der Waals surface area contributed by atoms with Crippen molar-refractivity contribution < 1.29 is 14.3 Å². The Morgan fingerprint density at radius 3 is 3.00 bits per heavy atom. The molecule has 1 aromatic heterocycles. The van der Waals surface area contributed by atoms with Crippen LogP contribution in [0.25, 0.3) is 0 Å². The van der Waals surface area contributed by atoms with Crippen LogP contribution in [-0.2, 0) is 4.79 Å². The van der Waals surface area contributed by atoms with Crippen molar-refractivity contribution in [1.82, 2.24) is 9.97 Å². The van der Waals surface area contributed by atoms with Gasteiger partial charge in [0.1, 0.15) is 0 Å². The summed E-state index contributed by atoms with van der Waals surface area (Å²) in [6.45, 7) is 2.03. The molecule has 1 aromatic rings. The fraction of sp³-hybridized carbons (Fsp3) is 0.500. The monoisotopic (exact) mass is 227 g/mol.